The molecule has 0 saturated carbocycles. The molecule has 0 fully saturated rings. The summed E-state index contributed by atoms with van der Waals surface area (Å²) in [5.41, 5.74) is 0. The van der Waals surface area contributed by atoms with Crippen molar-refractivity contribution in [2.24, 2.45) is 0 Å². The van der Waals surface area contributed by atoms with Gasteiger partial charge in [0.25, 0.3) is 0 Å². The zero-order valence-corrected chi connectivity index (χ0v) is 11.2. The van der Waals surface area contributed by atoms with Crippen LogP contribution >= 0.6 is 0 Å². The van der Waals surface area contributed by atoms with Crippen LogP contribution in [-0.2, 0) is 19.4 Å². The van der Waals surface area contributed by atoms with Crippen LogP contribution in [0.4, 0.5) is 0 Å². The fourth-order valence-electron chi connectivity index (χ4n) is 1.23. The Morgan fingerprint density at radius 2 is 1.94 bits per heavy atom. The minimum absolute atomic E-state index is 0.0687. The lowest BCUT2D eigenvalue weighted by Gasteiger charge is -2.13. The van der Waals surface area contributed by atoms with Crippen LogP contribution in [0.5, 0.6) is 0 Å². The normalized spacial score (nSPS) is 13.8. The van der Waals surface area contributed by atoms with Gasteiger partial charge in [-0.15, -0.1) is 0 Å². The first-order valence-corrected chi connectivity index (χ1v) is 6.94. The Balaban J connectivity index is 4.16. The van der Waals surface area contributed by atoms with E-state index in [2.05, 4.69) is 4.74 Å². The van der Waals surface area contributed by atoms with Gasteiger partial charge in [-0.1, -0.05) is 0 Å². The van der Waals surface area contributed by atoms with Crippen LogP contribution in [0, 0.1) is 0 Å². The molecule has 0 aromatic carbocycles. The van der Waals surface area contributed by atoms with Crippen molar-refractivity contribution in [3.05, 3.63) is 0 Å². The predicted octanol–water partition coefficient (Wildman–Crippen LogP) is 0.305. The molecule has 0 aliphatic rings. The van der Waals surface area contributed by atoms with Gasteiger partial charge in [0.15, 0.2) is 9.84 Å². The molecule has 0 aliphatic carbocycles. The summed E-state index contributed by atoms with van der Waals surface area (Å²) in [6.45, 7) is 2.27. The highest BCUT2D eigenvalue weighted by molar-refractivity contribution is 7.92. The first kappa shape index (κ1) is 15.4. The van der Waals surface area contributed by atoms with E-state index in [1.54, 1.807) is 6.92 Å². The molecular formula is C10H21NO4S. The molecule has 1 atom stereocenters. The quantitative estimate of drug-likeness (QED) is 0.609. The molecule has 0 aliphatic heterocycles. The highest BCUT2D eigenvalue weighted by Crippen LogP contribution is 2.09. The van der Waals surface area contributed by atoms with Crippen LogP contribution in [0.15, 0.2) is 0 Å². The largest absolute Gasteiger partial charge is 0.469 e. The third kappa shape index (κ3) is 6.07. The van der Waals surface area contributed by atoms with Crippen molar-refractivity contribution in [3.63, 3.8) is 0 Å². The maximum absolute atomic E-state index is 11.7. The van der Waals surface area contributed by atoms with E-state index >= 15 is 0 Å². The second-order valence-corrected chi connectivity index (χ2v) is 6.65. The molecule has 96 valence electrons. The molecule has 0 bridgehead atoms. The van der Waals surface area contributed by atoms with Crippen LogP contribution in [0.2, 0.25) is 0 Å². The van der Waals surface area contributed by atoms with Crippen molar-refractivity contribution in [3.8, 4) is 0 Å². The molecule has 16 heavy (non-hydrogen) atoms. The van der Waals surface area contributed by atoms with E-state index in [0.717, 1.165) is 6.54 Å². The van der Waals surface area contributed by atoms with E-state index in [0.29, 0.717) is 6.42 Å². The molecule has 0 aromatic rings. The van der Waals surface area contributed by atoms with E-state index in [4.69, 9.17) is 0 Å². The number of carbonyl (C=O) groups excluding carboxylic acids is 1. The van der Waals surface area contributed by atoms with Crippen LogP contribution < -0.4 is 0 Å². The van der Waals surface area contributed by atoms with Crippen molar-refractivity contribution in [1.29, 1.82) is 0 Å². The highest BCUT2D eigenvalue weighted by Gasteiger charge is 2.23. The fourth-order valence-corrected chi connectivity index (χ4v) is 2.55. The van der Waals surface area contributed by atoms with Crippen molar-refractivity contribution >= 4 is 15.8 Å². The second kappa shape index (κ2) is 6.85. The third-order valence-corrected chi connectivity index (χ3v) is 4.58. The van der Waals surface area contributed by atoms with Gasteiger partial charge in [-0.25, -0.2) is 8.42 Å². The Bertz CT molecular complexity index is 311. The smallest absolute Gasteiger partial charge is 0.306 e. The van der Waals surface area contributed by atoms with E-state index in [1.165, 1.54) is 7.11 Å². The van der Waals surface area contributed by atoms with Gasteiger partial charge in [-0.2, -0.15) is 0 Å². The summed E-state index contributed by atoms with van der Waals surface area (Å²) in [7, 11) is 1.86. The number of nitrogens with zero attached hydrogens (tertiary/aromatic N) is 1. The van der Waals surface area contributed by atoms with Gasteiger partial charge in [0.2, 0.25) is 0 Å². The van der Waals surface area contributed by atoms with Gasteiger partial charge in [-0.05, 0) is 34.0 Å². The Morgan fingerprint density at radius 1 is 1.38 bits per heavy atom. The molecule has 0 radical (unpaired) electrons. The number of carbonyl (C=O) groups is 1. The molecule has 0 spiro atoms. The molecule has 1 unspecified atom stereocenters. The summed E-state index contributed by atoms with van der Waals surface area (Å²) < 4.78 is 27.9. The predicted molar refractivity (Wildman–Crippen MR) is 63.1 cm³/mol. The number of hydrogen-bond donors (Lipinski definition) is 0. The summed E-state index contributed by atoms with van der Waals surface area (Å²) in [6.07, 6.45) is 0.516. The molecule has 0 N–H and O–H groups in total. The van der Waals surface area contributed by atoms with E-state index < -0.39 is 21.1 Å². The minimum Gasteiger partial charge on any atom is -0.469 e. The lowest BCUT2D eigenvalue weighted by Crippen LogP contribution is -2.26. The number of ether oxygens (including phenoxy) is 1. The van der Waals surface area contributed by atoms with Crippen LogP contribution in [0.1, 0.15) is 19.8 Å². The Labute approximate surface area is 97.7 Å². The monoisotopic (exact) mass is 251 g/mol. The molecule has 0 heterocycles. The van der Waals surface area contributed by atoms with Crippen LogP contribution in [0.25, 0.3) is 0 Å². The summed E-state index contributed by atoms with van der Waals surface area (Å²) in [5.74, 6) is -0.368. The molecule has 0 aromatic heterocycles. The third-order valence-electron chi connectivity index (χ3n) is 2.33. The minimum atomic E-state index is -3.19. The SMILES string of the molecule is COC(=O)CC(C)S(=O)(=O)CCCN(C)C. The lowest BCUT2D eigenvalue weighted by atomic mass is 10.3. The molecule has 6 heteroatoms. The van der Waals surface area contributed by atoms with Gasteiger partial charge in [0, 0.05) is 0 Å². The summed E-state index contributed by atoms with van der Waals surface area (Å²) >= 11 is 0. The van der Waals surface area contributed by atoms with Crippen LogP contribution in [-0.4, -0.2) is 58.0 Å². The number of sulfone groups is 1. The second-order valence-electron chi connectivity index (χ2n) is 4.11. The number of hydrogen-bond acceptors (Lipinski definition) is 5. The Morgan fingerprint density at radius 3 is 2.38 bits per heavy atom. The first-order valence-electron chi connectivity index (χ1n) is 5.22. The molecular weight excluding hydrogens is 230 g/mol. The van der Waals surface area contributed by atoms with E-state index in [1.807, 2.05) is 19.0 Å². The topological polar surface area (TPSA) is 63.7 Å². The molecule has 0 rings (SSSR count). The van der Waals surface area contributed by atoms with Crippen LogP contribution in [0.3, 0.4) is 0 Å². The van der Waals surface area contributed by atoms with Gasteiger partial charge < -0.3 is 9.64 Å². The fraction of sp³-hybridized carbons (Fsp3) is 0.900. The first-order chi connectivity index (χ1) is 7.29. The molecule has 5 nitrogen and oxygen atoms in total. The molecule has 0 saturated heterocycles. The summed E-state index contributed by atoms with van der Waals surface area (Å²) in [6, 6.07) is 0. The average molecular weight is 251 g/mol. The zero-order chi connectivity index (χ0) is 12.8. The average Bonchev–Trinajstić information content (AvgIpc) is 2.16. The lowest BCUT2D eigenvalue weighted by molar-refractivity contribution is -0.140. The van der Waals surface area contributed by atoms with Crippen molar-refractivity contribution in [1.82, 2.24) is 4.90 Å². The Hall–Kier alpha value is -0.620. The van der Waals surface area contributed by atoms with Gasteiger partial charge in [0.1, 0.15) is 0 Å². The standard InChI is InChI=1S/C10H21NO4S/c1-9(8-10(12)15-4)16(13,14)7-5-6-11(2)3/h9H,5-8H2,1-4H3. The number of rotatable bonds is 7. The maximum atomic E-state index is 11.7. The molecule has 0 amide bonds. The van der Waals surface area contributed by atoms with Crippen molar-refractivity contribution < 1.29 is 17.9 Å². The number of methoxy groups -OCH3 is 1. The van der Waals surface area contributed by atoms with Gasteiger partial charge in [-0.3, -0.25) is 4.79 Å². The van der Waals surface area contributed by atoms with Gasteiger partial charge >= 0.3 is 5.97 Å². The maximum Gasteiger partial charge on any atom is 0.306 e. The van der Waals surface area contributed by atoms with E-state index in [-0.39, 0.29) is 12.2 Å². The summed E-state index contributed by atoms with van der Waals surface area (Å²) in [5, 5.41) is -0.665. The van der Waals surface area contributed by atoms with Crippen molar-refractivity contribution in [2.45, 2.75) is 25.0 Å². The zero-order valence-electron chi connectivity index (χ0n) is 10.4. The van der Waals surface area contributed by atoms with E-state index in [9.17, 15) is 13.2 Å². The summed E-state index contributed by atoms with van der Waals surface area (Å²) in [4.78, 5) is 12.9. The number of esters is 1. The highest BCUT2D eigenvalue weighted by atomic mass is 32.2. The van der Waals surface area contributed by atoms with Crippen molar-refractivity contribution in [2.75, 3.05) is 33.5 Å². The Kier molecular flexibility index (Phi) is 6.59. The van der Waals surface area contributed by atoms with Gasteiger partial charge in [0.05, 0.1) is 24.5 Å².